The van der Waals surface area contributed by atoms with Crippen molar-refractivity contribution in [3.8, 4) is 56.6 Å². The van der Waals surface area contributed by atoms with Gasteiger partial charge < -0.3 is 42.1 Å². The zero-order valence-corrected chi connectivity index (χ0v) is 64.9. The number of piperidine rings is 3. The van der Waals surface area contributed by atoms with E-state index in [0.717, 1.165) is 145 Å². The molecule has 25 heteroatoms. The van der Waals surface area contributed by atoms with Gasteiger partial charge >= 0.3 is 7.12 Å². The smallest absolute Gasteiger partial charge is 0.423 e. The molecule has 105 heavy (non-hydrogen) atoms. The molecule has 0 atom stereocenters. The van der Waals surface area contributed by atoms with Gasteiger partial charge in [0.2, 0.25) is 5.13 Å². The number of benzene rings is 10. The van der Waals surface area contributed by atoms with Crippen molar-refractivity contribution in [3.05, 3.63) is 295 Å². The van der Waals surface area contributed by atoms with Crippen molar-refractivity contribution in [2.45, 2.75) is 44.4 Å². The molecule has 0 aliphatic carbocycles. The molecule has 0 bridgehead atoms. The van der Waals surface area contributed by atoms with Crippen molar-refractivity contribution in [1.29, 1.82) is 10.5 Å². The molecule has 0 radical (unpaired) electrons. The second-order valence-corrected chi connectivity index (χ2v) is 28.6. The fourth-order valence-corrected chi connectivity index (χ4v) is 13.3. The fraction of sp³-hybridized carbons (Fsp3) is 0.188. The van der Waals surface area contributed by atoms with Gasteiger partial charge in [-0.25, -0.2) is 27.8 Å². The number of nitrogens with zero attached hydrogens (tertiary/aromatic N) is 6. The molecular weight excluding hydrogens is 1640 g/mol. The Morgan fingerprint density at radius 3 is 1.08 bits per heavy atom. The number of hydrogen-bond acceptors (Lipinski definition) is 13. The maximum Gasteiger partial charge on any atom is 0.488 e. The molecule has 1 aromatic heterocycles. The number of anilines is 3. The largest absolute Gasteiger partial charge is 0.488 e. The van der Waals surface area contributed by atoms with E-state index < -0.39 is 7.12 Å². The minimum atomic E-state index is -1.51. The first-order valence-electron chi connectivity index (χ1n) is 33.3. The number of rotatable bonds is 8. The third kappa shape index (κ3) is 28.3. The van der Waals surface area contributed by atoms with E-state index in [1.54, 1.807) is 24.3 Å². The van der Waals surface area contributed by atoms with Crippen molar-refractivity contribution in [2.24, 2.45) is 23.4 Å². The number of nitrogens with two attached hydrogens (primary N) is 3. The van der Waals surface area contributed by atoms with E-state index in [9.17, 15) is 22.0 Å². The summed E-state index contributed by atoms with van der Waals surface area (Å²) >= 11 is 19.3. The van der Waals surface area contributed by atoms with Gasteiger partial charge in [0, 0.05) is 84.3 Å². The second kappa shape index (κ2) is 45.0. The lowest BCUT2D eigenvalue weighted by Crippen LogP contribution is -2.34. The van der Waals surface area contributed by atoms with Crippen molar-refractivity contribution >= 4 is 121 Å². The Kier molecular flexibility index (Phi) is 35.8. The average Bonchev–Trinajstić information content (AvgIpc) is 1.40. The van der Waals surface area contributed by atoms with Gasteiger partial charge in [0.25, 0.3) is 0 Å². The number of thiocarbonyl (C=S) groups is 1. The molecule has 0 saturated carbocycles. The van der Waals surface area contributed by atoms with E-state index in [1.807, 2.05) is 121 Å². The van der Waals surface area contributed by atoms with Crippen molar-refractivity contribution in [3.63, 3.8) is 0 Å². The summed E-state index contributed by atoms with van der Waals surface area (Å²) in [6.45, 7) is 5.77. The van der Waals surface area contributed by atoms with Crippen LogP contribution < -0.4 is 43.3 Å². The Balaban J connectivity index is 0.000000175. The quantitative estimate of drug-likeness (QED) is 0.0247. The predicted molar refractivity (Wildman–Crippen MR) is 435 cm³/mol. The molecule has 3 aliphatic rings. The molecule has 0 spiro atoms. The third-order valence-corrected chi connectivity index (χ3v) is 20.8. The van der Waals surface area contributed by atoms with Crippen LogP contribution in [0.25, 0.3) is 44.5 Å². The number of halogens is 9. The highest BCUT2D eigenvalue weighted by atomic mass is 79.9. The summed E-state index contributed by atoms with van der Waals surface area (Å²) in [6, 6.07) is 76.1. The summed E-state index contributed by atoms with van der Waals surface area (Å²) < 4.78 is 68.1. The summed E-state index contributed by atoms with van der Waals surface area (Å²) in [6.07, 6.45) is 5.97. The van der Waals surface area contributed by atoms with E-state index in [-0.39, 0.29) is 40.1 Å². The SMILES string of the molecule is Brc1ccccc1Br.Fc1ccc(-c2ccccc2Br)cc1.Fc1ccc(-c2ccccc2Br)cc1.N#CC1CCN(c2ccccc2-c2ccc(F)cc2)CC1.N#CC1CCNCC1.NNC(N)=S.Nc1nnc(C2CCN(c3ccccc3-c3ccc(F)cc3)CC2)s1.OB(O)c1ccc(F)cc1. The third-order valence-electron chi connectivity index (χ3n) is 16.5. The minimum Gasteiger partial charge on any atom is -0.423 e. The number of hydrazine groups is 1. The van der Waals surface area contributed by atoms with E-state index in [4.69, 9.17) is 32.0 Å². The lowest BCUT2D eigenvalue weighted by atomic mass is 9.80. The molecule has 3 aliphatic heterocycles. The Hall–Kier alpha value is -8.70. The Morgan fingerprint density at radius 2 is 0.771 bits per heavy atom. The molecule has 11 aromatic rings. The van der Waals surface area contributed by atoms with Crippen LogP contribution in [0.4, 0.5) is 38.5 Å². The molecule has 10 aromatic carbocycles. The highest BCUT2D eigenvalue weighted by Crippen LogP contribution is 2.38. The van der Waals surface area contributed by atoms with Gasteiger partial charge in [-0.05, 0) is 232 Å². The van der Waals surface area contributed by atoms with Gasteiger partial charge in [-0.15, -0.1) is 10.2 Å². The second-order valence-electron chi connectivity index (χ2n) is 23.7. The number of aromatic nitrogens is 2. The van der Waals surface area contributed by atoms with Crippen LogP contribution in [0.1, 0.15) is 49.5 Å². The Bertz CT molecular complexity index is 4400. The summed E-state index contributed by atoms with van der Waals surface area (Å²) in [5, 5.41) is 47.5. The highest BCUT2D eigenvalue weighted by Gasteiger charge is 2.26. The molecule has 4 heterocycles. The zero-order valence-electron chi connectivity index (χ0n) is 56.9. The highest BCUT2D eigenvalue weighted by molar-refractivity contribution is 9.13. The summed E-state index contributed by atoms with van der Waals surface area (Å²) in [5.74, 6) is 4.37. The number of nitrogens with one attached hydrogen (secondary N) is 2. The average molecular weight is 1710 g/mol. The van der Waals surface area contributed by atoms with Crippen LogP contribution in [0.3, 0.4) is 0 Å². The first-order valence-corrected chi connectivity index (χ1v) is 37.7. The fourth-order valence-electron chi connectivity index (χ4n) is 10.9. The number of para-hydroxylation sites is 2. The molecule has 3 saturated heterocycles. The molecule has 14 rings (SSSR count). The number of nitriles is 2. The molecule has 13 nitrogen and oxygen atoms in total. The Morgan fingerprint density at radius 1 is 0.467 bits per heavy atom. The van der Waals surface area contributed by atoms with Gasteiger partial charge in [-0.1, -0.05) is 189 Å². The molecule has 542 valence electrons. The molecular formula is C80H77BBr4F5N11O2S2. The standard InChI is InChI=1S/C19H19FN4S.C18H17FN2.2C12H8BrF.C6H6BFO2.C6H4Br2.C6H10N2.CH5N3S/c20-15-7-5-13(6-8-15)16-3-1-2-4-17(16)24-11-9-14(10-12-24)18-22-23-19(21)25-18;19-16-7-5-15(6-8-16)17-3-1-2-4-18(17)21-11-9-14(13-20)10-12-21;2*13-12-4-2-1-3-11(12)9-5-7-10(14)8-6-9;8-6-3-1-5(2-4-6)7(9)10;7-5-3-1-2-4-6(5)8;7-5-6-1-3-8-4-2-6;2-1(5)4-3/h1-8,14H,9-12H2,(H2,21,23);1-8,14H,9-12H2;2*1-8H;1-4,9-10H;1-4H;6,8H,1-4H2;3H2,(H3,2,4,5). The van der Waals surface area contributed by atoms with E-state index >= 15 is 0 Å². The van der Waals surface area contributed by atoms with Crippen LogP contribution in [-0.2, 0) is 0 Å². The van der Waals surface area contributed by atoms with Gasteiger partial charge in [-0.3, -0.25) is 0 Å². The van der Waals surface area contributed by atoms with Gasteiger partial charge in [0.15, 0.2) is 5.11 Å². The zero-order chi connectivity index (χ0) is 75.5. The van der Waals surface area contributed by atoms with Crippen LogP contribution in [0.15, 0.2) is 261 Å². The van der Waals surface area contributed by atoms with Crippen molar-refractivity contribution < 1.29 is 32.0 Å². The van der Waals surface area contributed by atoms with Gasteiger partial charge in [0.1, 0.15) is 34.1 Å². The van der Waals surface area contributed by atoms with Crippen LogP contribution in [0.2, 0.25) is 0 Å². The van der Waals surface area contributed by atoms with Gasteiger partial charge in [-0.2, -0.15) is 10.5 Å². The van der Waals surface area contributed by atoms with Crippen LogP contribution in [-0.4, -0.2) is 71.7 Å². The van der Waals surface area contributed by atoms with Crippen molar-refractivity contribution in [2.75, 3.05) is 54.8 Å². The number of nitrogen functional groups attached to an aromatic ring is 1. The first-order chi connectivity index (χ1) is 50.7. The first kappa shape index (κ1) is 83.6. The van der Waals surface area contributed by atoms with Crippen LogP contribution >= 0.6 is 87.3 Å². The van der Waals surface area contributed by atoms with Crippen LogP contribution in [0, 0.1) is 63.6 Å². The molecule has 0 amide bonds. The molecule has 0 unspecified atom stereocenters. The lowest BCUT2D eigenvalue weighted by Gasteiger charge is -2.34. The summed E-state index contributed by atoms with van der Waals surface area (Å²) in [4.78, 5) is 4.73. The maximum atomic E-state index is 13.2. The topological polar surface area (TPSA) is 222 Å². The monoisotopic (exact) mass is 1710 g/mol. The summed E-state index contributed by atoms with van der Waals surface area (Å²) in [7, 11) is -1.51. The molecule has 3 fully saturated rings. The minimum absolute atomic E-state index is 0.116. The van der Waals surface area contributed by atoms with E-state index in [0.29, 0.717) is 22.4 Å². The normalized spacial score (nSPS) is 13.2. The Labute approximate surface area is 653 Å². The van der Waals surface area contributed by atoms with Crippen LogP contribution in [0.5, 0.6) is 0 Å². The summed E-state index contributed by atoms with van der Waals surface area (Å²) in [5.41, 5.74) is 23.7. The lowest BCUT2D eigenvalue weighted by molar-refractivity contribution is 0.425. The van der Waals surface area contributed by atoms with E-state index in [2.05, 4.69) is 150 Å². The van der Waals surface area contributed by atoms with E-state index in [1.165, 1.54) is 95.5 Å². The van der Waals surface area contributed by atoms with Gasteiger partial charge in [0.05, 0.1) is 12.1 Å². The number of hydrogen-bond donors (Lipinski definition) is 7. The maximum absolute atomic E-state index is 13.2. The predicted octanol–water partition coefficient (Wildman–Crippen LogP) is 19.0. The van der Waals surface area contributed by atoms with Crippen molar-refractivity contribution in [1.82, 2.24) is 20.9 Å². The molecule has 10 N–H and O–H groups in total.